The Labute approximate surface area is 94.6 Å². The van der Waals surface area contributed by atoms with Crippen LogP contribution in [0.25, 0.3) is 0 Å². The van der Waals surface area contributed by atoms with Crippen LogP contribution < -0.4 is 0 Å². The maximum absolute atomic E-state index is 11.4. The number of ketones is 1. The van der Waals surface area contributed by atoms with Crippen LogP contribution in [0.1, 0.15) is 24.8 Å². The van der Waals surface area contributed by atoms with Crippen molar-refractivity contribution in [2.45, 2.75) is 25.7 Å². The van der Waals surface area contributed by atoms with E-state index in [-0.39, 0.29) is 24.6 Å². The number of hydrogen-bond donors (Lipinski definition) is 0. The standard InChI is InChI=1S/C12H15NO3/c1-16-12(15)7-6-11(14)5-4-10-3-2-8-13-9-10/h2-3,8-9H,4-7H2,1H3. The molecule has 0 radical (unpaired) electrons. The van der Waals surface area contributed by atoms with Gasteiger partial charge < -0.3 is 4.74 Å². The summed E-state index contributed by atoms with van der Waals surface area (Å²) in [5.41, 5.74) is 1.04. The van der Waals surface area contributed by atoms with Crippen LogP contribution in [-0.2, 0) is 20.7 Å². The number of ether oxygens (including phenoxy) is 1. The van der Waals surface area contributed by atoms with E-state index in [4.69, 9.17) is 0 Å². The first kappa shape index (κ1) is 12.4. The van der Waals surface area contributed by atoms with E-state index in [1.54, 1.807) is 12.4 Å². The molecule has 1 rings (SSSR count). The van der Waals surface area contributed by atoms with Crippen molar-refractivity contribution in [2.75, 3.05) is 7.11 Å². The van der Waals surface area contributed by atoms with Gasteiger partial charge in [0.15, 0.2) is 0 Å². The third-order valence-electron chi connectivity index (χ3n) is 2.25. The van der Waals surface area contributed by atoms with Gasteiger partial charge in [0.1, 0.15) is 5.78 Å². The molecule has 0 aliphatic rings. The average Bonchev–Trinajstić information content (AvgIpc) is 2.34. The van der Waals surface area contributed by atoms with Crippen molar-refractivity contribution in [3.05, 3.63) is 30.1 Å². The molecule has 4 nitrogen and oxygen atoms in total. The summed E-state index contributed by atoms with van der Waals surface area (Å²) in [7, 11) is 1.32. The molecule has 4 heteroatoms. The highest BCUT2D eigenvalue weighted by atomic mass is 16.5. The molecule has 1 heterocycles. The van der Waals surface area contributed by atoms with Crippen molar-refractivity contribution >= 4 is 11.8 Å². The Bertz CT molecular complexity index is 349. The number of hydrogen-bond acceptors (Lipinski definition) is 4. The second-order valence-electron chi connectivity index (χ2n) is 3.48. The maximum Gasteiger partial charge on any atom is 0.305 e. The number of rotatable bonds is 6. The zero-order valence-electron chi connectivity index (χ0n) is 9.31. The summed E-state index contributed by atoms with van der Waals surface area (Å²) in [5.74, 6) is -0.260. The second-order valence-corrected chi connectivity index (χ2v) is 3.48. The molecule has 16 heavy (non-hydrogen) atoms. The number of Topliss-reactive ketones (excluding diaryl/α,β-unsaturated/α-hetero) is 1. The number of esters is 1. The van der Waals surface area contributed by atoms with Gasteiger partial charge in [0.05, 0.1) is 13.5 Å². The van der Waals surface area contributed by atoms with E-state index in [1.807, 2.05) is 12.1 Å². The monoisotopic (exact) mass is 221 g/mol. The van der Waals surface area contributed by atoms with Gasteiger partial charge in [-0.2, -0.15) is 0 Å². The Morgan fingerprint density at radius 3 is 2.75 bits per heavy atom. The first-order valence-electron chi connectivity index (χ1n) is 5.20. The van der Waals surface area contributed by atoms with Gasteiger partial charge in [0, 0.05) is 25.2 Å². The van der Waals surface area contributed by atoms with Crippen molar-refractivity contribution in [1.82, 2.24) is 4.98 Å². The molecule has 0 saturated carbocycles. The average molecular weight is 221 g/mol. The van der Waals surface area contributed by atoms with E-state index >= 15 is 0 Å². The molecule has 1 aromatic rings. The Morgan fingerprint density at radius 2 is 2.12 bits per heavy atom. The SMILES string of the molecule is COC(=O)CCC(=O)CCc1cccnc1. The number of methoxy groups -OCH3 is 1. The Balaban J connectivity index is 2.23. The Kier molecular flexibility index (Phi) is 5.19. The molecular formula is C12H15NO3. The number of aryl methyl sites for hydroxylation is 1. The van der Waals surface area contributed by atoms with Crippen molar-refractivity contribution in [2.24, 2.45) is 0 Å². The Morgan fingerprint density at radius 1 is 1.31 bits per heavy atom. The predicted octanol–water partition coefficient (Wildman–Crippen LogP) is 1.54. The molecule has 0 aromatic carbocycles. The molecule has 0 N–H and O–H groups in total. The van der Waals surface area contributed by atoms with Crippen LogP contribution >= 0.6 is 0 Å². The van der Waals surface area contributed by atoms with Crippen LogP contribution in [0.4, 0.5) is 0 Å². The highest BCUT2D eigenvalue weighted by Gasteiger charge is 2.06. The molecule has 0 amide bonds. The summed E-state index contributed by atoms with van der Waals surface area (Å²) >= 11 is 0. The number of nitrogens with zero attached hydrogens (tertiary/aromatic N) is 1. The first-order chi connectivity index (χ1) is 7.72. The fourth-order valence-corrected chi connectivity index (χ4v) is 1.30. The summed E-state index contributed by atoms with van der Waals surface area (Å²) < 4.78 is 4.46. The van der Waals surface area contributed by atoms with Crippen molar-refractivity contribution in [3.8, 4) is 0 Å². The third kappa shape index (κ3) is 4.68. The summed E-state index contributed by atoms with van der Waals surface area (Å²) in [6.07, 6.45) is 4.99. The summed E-state index contributed by atoms with van der Waals surface area (Å²) in [6.45, 7) is 0. The molecule has 0 aliphatic carbocycles. The Hall–Kier alpha value is -1.71. The largest absolute Gasteiger partial charge is 0.469 e. The summed E-state index contributed by atoms with van der Waals surface area (Å²) in [4.78, 5) is 26.2. The van der Waals surface area contributed by atoms with Crippen LogP contribution in [-0.4, -0.2) is 23.8 Å². The van der Waals surface area contributed by atoms with E-state index in [1.165, 1.54) is 7.11 Å². The molecule has 0 unspecified atom stereocenters. The van der Waals surface area contributed by atoms with Crippen molar-refractivity contribution in [3.63, 3.8) is 0 Å². The first-order valence-corrected chi connectivity index (χ1v) is 5.20. The molecule has 1 aromatic heterocycles. The minimum Gasteiger partial charge on any atom is -0.469 e. The lowest BCUT2D eigenvalue weighted by Gasteiger charge is -2.00. The van der Waals surface area contributed by atoms with E-state index in [2.05, 4.69) is 9.72 Å². The van der Waals surface area contributed by atoms with E-state index < -0.39 is 0 Å². The van der Waals surface area contributed by atoms with Gasteiger partial charge in [-0.15, -0.1) is 0 Å². The highest BCUT2D eigenvalue weighted by Crippen LogP contribution is 2.04. The number of carbonyl (C=O) groups excluding carboxylic acids is 2. The van der Waals surface area contributed by atoms with Gasteiger partial charge in [0.2, 0.25) is 0 Å². The van der Waals surface area contributed by atoms with Gasteiger partial charge in [0.25, 0.3) is 0 Å². The van der Waals surface area contributed by atoms with Crippen LogP contribution in [0.3, 0.4) is 0 Å². The molecule has 0 fully saturated rings. The number of aromatic nitrogens is 1. The smallest absolute Gasteiger partial charge is 0.305 e. The lowest BCUT2D eigenvalue weighted by atomic mass is 10.1. The molecule has 0 bridgehead atoms. The minimum atomic E-state index is -0.338. The molecule has 0 aliphatic heterocycles. The number of pyridine rings is 1. The zero-order valence-corrected chi connectivity index (χ0v) is 9.31. The van der Waals surface area contributed by atoms with Gasteiger partial charge in [-0.1, -0.05) is 6.07 Å². The molecule has 86 valence electrons. The minimum absolute atomic E-state index is 0.0780. The van der Waals surface area contributed by atoms with Crippen LogP contribution in [0.2, 0.25) is 0 Å². The lowest BCUT2D eigenvalue weighted by molar-refractivity contribution is -0.141. The summed E-state index contributed by atoms with van der Waals surface area (Å²) in [5, 5.41) is 0. The van der Waals surface area contributed by atoms with Crippen molar-refractivity contribution in [1.29, 1.82) is 0 Å². The van der Waals surface area contributed by atoms with Gasteiger partial charge >= 0.3 is 5.97 Å². The normalized spacial score (nSPS) is 9.81. The fraction of sp³-hybridized carbons (Fsp3) is 0.417. The number of carbonyl (C=O) groups is 2. The summed E-state index contributed by atoms with van der Waals surface area (Å²) in [6, 6.07) is 3.77. The fourth-order valence-electron chi connectivity index (χ4n) is 1.30. The molecule has 0 saturated heterocycles. The maximum atomic E-state index is 11.4. The van der Waals surface area contributed by atoms with Crippen LogP contribution in [0, 0.1) is 0 Å². The van der Waals surface area contributed by atoms with E-state index in [9.17, 15) is 9.59 Å². The van der Waals surface area contributed by atoms with Gasteiger partial charge in [-0.05, 0) is 18.1 Å². The zero-order chi connectivity index (χ0) is 11.8. The predicted molar refractivity (Wildman–Crippen MR) is 58.8 cm³/mol. The van der Waals surface area contributed by atoms with Crippen molar-refractivity contribution < 1.29 is 14.3 Å². The molecule has 0 spiro atoms. The van der Waals surface area contributed by atoms with Gasteiger partial charge in [-0.25, -0.2) is 0 Å². The lowest BCUT2D eigenvalue weighted by Crippen LogP contribution is -2.06. The van der Waals surface area contributed by atoms with Crippen LogP contribution in [0.15, 0.2) is 24.5 Å². The van der Waals surface area contributed by atoms with E-state index in [0.717, 1.165) is 5.56 Å². The third-order valence-corrected chi connectivity index (χ3v) is 2.25. The van der Waals surface area contributed by atoms with Crippen LogP contribution in [0.5, 0.6) is 0 Å². The second kappa shape index (κ2) is 6.71. The highest BCUT2D eigenvalue weighted by molar-refractivity contribution is 5.82. The molecular weight excluding hydrogens is 206 g/mol. The quantitative estimate of drug-likeness (QED) is 0.684. The molecule has 0 atom stereocenters. The van der Waals surface area contributed by atoms with E-state index in [0.29, 0.717) is 12.8 Å². The van der Waals surface area contributed by atoms with Gasteiger partial charge in [-0.3, -0.25) is 14.6 Å². The topological polar surface area (TPSA) is 56.3 Å².